The van der Waals surface area contributed by atoms with Crippen molar-refractivity contribution in [2.45, 2.75) is 0 Å². The number of halogens is 2. The fourth-order valence-electron chi connectivity index (χ4n) is 2.69. The molecule has 1 aliphatic rings. The molecule has 0 spiro atoms. The molecule has 1 heterocycles. The van der Waals surface area contributed by atoms with Crippen molar-refractivity contribution in [3.05, 3.63) is 99.2 Å². The highest BCUT2D eigenvalue weighted by molar-refractivity contribution is 6.31. The van der Waals surface area contributed by atoms with Crippen molar-refractivity contribution in [2.75, 3.05) is 0 Å². The number of allylic oxidation sites excluding steroid dienone is 1. The summed E-state index contributed by atoms with van der Waals surface area (Å²) in [4.78, 5) is 24.7. The molecule has 0 saturated carbocycles. The summed E-state index contributed by atoms with van der Waals surface area (Å²) < 4.78 is 11.0. The number of ether oxygens (including phenoxy) is 2. The van der Waals surface area contributed by atoms with Gasteiger partial charge in [-0.05, 0) is 60.2 Å². The van der Waals surface area contributed by atoms with Crippen LogP contribution in [0, 0.1) is 0 Å². The van der Waals surface area contributed by atoms with Crippen molar-refractivity contribution in [3.63, 3.8) is 0 Å². The maximum Gasteiger partial charge on any atom is 0.343 e. The minimum atomic E-state index is -0.530. The Labute approximate surface area is 170 Å². The predicted octanol–water partition coefficient (Wildman–Crippen LogP) is 5.83. The zero-order valence-electron chi connectivity index (χ0n) is 14.3. The van der Waals surface area contributed by atoms with E-state index in [2.05, 4.69) is 0 Å². The summed E-state index contributed by atoms with van der Waals surface area (Å²) in [6, 6.07) is 18.0. The van der Waals surface area contributed by atoms with Gasteiger partial charge in [-0.15, -0.1) is 0 Å². The Morgan fingerprint density at radius 1 is 0.893 bits per heavy atom. The van der Waals surface area contributed by atoms with E-state index in [4.69, 9.17) is 32.7 Å². The predicted molar refractivity (Wildman–Crippen MR) is 107 cm³/mol. The smallest absolute Gasteiger partial charge is 0.343 e. The second-order valence-corrected chi connectivity index (χ2v) is 6.92. The van der Waals surface area contributed by atoms with Crippen LogP contribution in [-0.2, 0) is 0 Å². The number of Topliss-reactive ketones (excluding diaryl/α,β-unsaturated/α-hetero) is 1. The largest absolute Gasteiger partial charge is 0.452 e. The van der Waals surface area contributed by atoms with E-state index in [1.165, 1.54) is 6.07 Å². The molecule has 0 aromatic heterocycles. The third-order valence-corrected chi connectivity index (χ3v) is 4.60. The van der Waals surface area contributed by atoms with Gasteiger partial charge in [0.25, 0.3) is 0 Å². The van der Waals surface area contributed by atoms with Gasteiger partial charge in [0, 0.05) is 16.1 Å². The Hall–Kier alpha value is -3.08. The number of hydrogen-bond donors (Lipinski definition) is 0. The van der Waals surface area contributed by atoms with Crippen LogP contribution in [0.3, 0.4) is 0 Å². The lowest BCUT2D eigenvalue weighted by molar-refractivity contribution is 0.0734. The van der Waals surface area contributed by atoms with Gasteiger partial charge in [0.1, 0.15) is 11.5 Å². The number of fused-ring (bicyclic) bond motifs is 1. The van der Waals surface area contributed by atoms with Crippen molar-refractivity contribution in [1.29, 1.82) is 0 Å². The maximum absolute atomic E-state index is 12.5. The van der Waals surface area contributed by atoms with Crippen LogP contribution < -0.4 is 9.47 Å². The maximum atomic E-state index is 12.5. The van der Waals surface area contributed by atoms with Crippen LogP contribution in [0.25, 0.3) is 6.08 Å². The summed E-state index contributed by atoms with van der Waals surface area (Å²) in [5.74, 6) is 0.0442. The van der Waals surface area contributed by atoms with Crippen LogP contribution in [0.1, 0.15) is 26.3 Å². The molecule has 0 aliphatic carbocycles. The molecule has 0 fully saturated rings. The number of benzene rings is 3. The molecule has 3 aromatic carbocycles. The van der Waals surface area contributed by atoms with Gasteiger partial charge in [0.2, 0.25) is 5.78 Å². The van der Waals surface area contributed by atoms with Gasteiger partial charge < -0.3 is 9.47 Å². The Morgan fingerprint density at radius 2 is 1.54 bits per heavy atom. The second kappa shape index (κ2) is 7.50. The summed E-state index contributed by atoms with van der Waals surface area (Å²) >= 11 is 11.7. The first kappa shape index (κ1) is 18.3. The summed E-state index contributed by atoms with van der Waals surface area (Å²) in [5, 5.41) is 1.14. The first-order valence-corrected chi connectivity index (χ1v) is 9.07. The lowest BCUT2D eigenvalue weighted by Gasteiger charge is -2.05. The lowest BCUT2D eigenvalue weighted by atomic mass is 10.1. The molecule has 4 nitrogen and oxygen atoms in total. The van der Waals surface area contributed by atoms with Gasteiger partial charge in [-0.3, -0.25) is 4.79 Å². The van der Waals surface area contributed by atoms with E-state index in [1.807, 2.05) is 0 Å². The SMILES string of the molecule is O=C(Oc1ccc2c(c1)OC(=Cc1ccc(Cl)cc1)C2=O)c1ccc(Cl)cc1. The van der Waals surface area contributed by atoms with Crippen molar-refractivity contribution in [1.82, 2.24) is 0 Å². The average molecular weight is 411 g/mol. The molecule has 0 unspecified atom stereocenters. The van der Waals surface area contributed by atoms with E-state index in [-0.39, 0.29) is 17.3 Å². The first-order valence-electron chi connectivity index (χ1n) is 8.31. The second-order valence-electron chi connectivity index (χ2n) is 6.05. The molecule has 0 amide bonds. The van der Waals surface area contributed by atoms with Crippen LogP contribution in [0.2, 0.25) is 10.0 Å². The normalized spacial score (nSPS) is 13.9. The van der Waals surface area contributed by atoms with E-state index in [9.17, 15) is 9.59 Å². The van der Waals surface area contributed by atoms with Gasteiger partial charge >= 0.3 is 5.97 Å². The highest BCUT2D eigenvalue weighted by Gasteiger charge is 2.28. The Bertz CT molecular complexity index is 1100. The van der Waals surface area contributed by atoms with E-state index < -0.39 is 5.97 Å². The number of hydrogen-bond acceptors (Lipinski definition) is 4. The quantitative estimate of drug-likeness (QED) is 0.309. The highest BCUT2D eigenvalue weighted by atomic mass is 35.5. The molecule has 0 radical (unpaired) electrons. The average Bonchev–Trinajstić information content (AvgIpc) is 2.99. The Kier molecular flexibility index (Phi) is 4.90. The zero-order chi connectivity index (χ0) is 19.7. The fourth-order valence-corrected chi connectivity index (χ4v) is 2.95. The zero-order valence-corrected chi connectivity index (χ0v) is 15.8. The van der Waals surface area contributed by atoms with Crippen molar-refractivity contribution >= 4 is 41.0 Å². The standard InChI is InChI=1S/C22H12Cl2O4/c23-15-5-1-13(2-6-15)11-20-21(25)18-10-9-17(12-19(18)28-20)27-22(26)14-3-7-16(24)8-4-14/h1-12H. The number of carbonyl (C=O) groups excluding carboxylic acids is 2. The number of carbonyl (C=O) groups is 2. The van der Waals surface area contributed by atoms with Crippen LogP contribution in [0.15, 0.2) is 72.5 Å². The van der Waals surface area contributed by atoms with Gasteiger partial charge in [-0.2, -0.15) is 0 Å². The van der Waals surface area contributed by atoms with E-state index in [0.717, 1.165) is 5.56 Å². The van der Waals surface area contributed by atoms with E-state index in [0.29, 0.717) is 26.9 Å². The summed E-state index contributed by atoms with van der Waals surface area (Å²) in [6.45, 7) is 0. The number of ketones is 1. The molecule has 3 aromatic rings. The first-order chi connectivity index (χ1) is 13.5. The highest BCUT2D eigenvalue weighted by Crippen LogP contribution is 2.35. The number of rotatable bonds is 3. The minimum Gasteiger partial charge on any atom is -0.452 e. The van der Waals surface area contributed by atoms with E-state index >= 15 is 0 Å². The third kappa shape index (κ3) is 3.79. The van der Waals surface area contributed by atoms with Gasteiger partial charge in [-0.25, -0.2) is 4.79 Å². The molecule has 0 bridgehead atoms. The molecule has 0 atom stereocenters. The molecule has 0 N–H and O–H groups in total. The molecular weight excluding hydrogens is 399 g/mol. The van der Waals surface area contributed by atoms with E-state index in [1.54, 1.807) is 66.7 Å². The van der Waals surface area contributed by atoms with Gasteiger partial charge in [0.15, 0.2) is 5.76 Å². The number of esters is 1. The van der Waals surface area contributed by atoms with Crippen molar-refractivity contribution < 1.29 is 19.1 Å². The monoisotopic (exact) mass is 410 g/mol. The molecular formula is C22H12Cl2O4. The summed E-state index contributed by atoms with van der Waals surface area (Å²) in [7, 11) is 0. The topological polar surface area (TPSA) is 52.6 Å². The van der Waals surface area contributed by atoms with Crippen molar-refractivity contribution in [3.8, 4) is 11.5 Å². The molecule has 28 heavy (non-hydrogen) atoms. The van der Waals surface area contributed by atoms with Crippen LogP contribution in [0.5, 0.6) is 11.5 Å². The minimum absolute atomic E-state index is 0.193. The molecule has 6 heteroatoms. The Morgan fingerprint density at radius 3 is 2.21 bits per heavy atom. The van der Waals surface area contributed by atoms with Crippen molar-refractivity contribution in [2.24, 2.45) is 0 Å². The lowest BCUT2D eigenvalue weighted by Crippen LogP contribution is -2.08. The van der Waals surface area contributed by atoms with Crippen LogP contribution >= 0.6 is 23.2 Å². The molecule has 1 aliphatic heterocycles. The van der Waals surface area contributed by atoms with Crippen LogP contribution in [-0.4, -0.2) is 11.8 Å². The van der Waals surface area contributed by atoms with Crippen LogP contribution in [0.4, 0.5) is 0 Å². The summed E-state index contributed by atoms with van der Waals surface area (Å²) in [6.07, 6.45) is 1.64. The molecule has 0 saturated heterocycles. The van der Waals surface area contributed by atoms with Gasteiger partial charge in [0.05, 0.1) is 11.1 Å². The molecule has 4 rings (SSSR count). The molecule has 138 valence electrons. The fraction of sp³-hybridized carbons (Fsp3) is 0. The summed E-state index contributed by atoms with van der Waals surface area (Å²) in [5.41, 5.74) is 1.56. The van der Waals surface area contributed by atoms with Gasteiger partial charge in [-0.1, -0.05) is 35.3 Å². The third-order valence-electron chi connectivity index (χ3n) is 4.10. The Balaban J connectivity index is 1.54.